The molecule has 2 aromatic rings. The smallest absolute Gasteiger partial charge is 0.228 e. The van der Waals surface area contributed by atoms with Gasteiger partial charge >= 0.3 is 0 Å². The predicted octanol–water partition coefficient (Wildman–Crippen LogP) is 1.67. The van der Waals surface area contributed by atoms with Crippen LogP contribution < -0.4 is 11.1 Å². The first kappa shape index (κ1) is 13.3. The average molecular weight is 258 g/mol. The molecule has 4 N–H and O–H groups in total. The Morgan fingerprint density at radius 2 is 1.89 bits per heavy atom. The fraction of sp³-hybridized carbons (Fsp3) is 0.286. The van der Waals surface area contributed by atoms with E-state index in [-0.39, 0.29) is 5.91 Å². The molecule has 0 fully saturated rings. The van der Waals surface area contributed by atoms with Crippen LogP contribution in [0.1, 0.15) is 22.5 Å². The molecule has 19 heavy (non-hydrogen) atoms. The maximum absolute atomic E-state index is 12.0. The van der Waals surface area contributed by atoms with Gasteiger partial charge in [0.15, 0.2) is 0 Å². The number of H-pyrrole nitrogens is 1. The summed E-state index contributed by atoms with van der Waals surface area (Å²) in [5.41, 5.74) is 9.99. The van der Waals surface area contributed by atoms with Gasteiger partial charge in [0.2, 0.25) is 5.91 Å². The highest BCUT2D eigenvalue weighted by molar-refractivity contribution is 5.93. The van der Waals surface area contributed by atoms with Crippen molar-refractivity contribution >= 4 is 11.6 Å². The normalized spacial score (nSPS) is 10.5. The molecule has 1 aromatic heterocycles. The second-order valence-electron chi connectivity index (χ2n) is 4.55. The molecule has 0 saturated heterocycles. The molecular weight excluding hydrogens is 240 g/mol. The molecule has 0 saturated carbocycles. The highest BCUT2D eigenvalue weighted by Crippen LogP contribution is 2.16. The Hall–Kier alpha value is -2.14. The summed E-state index contributed by atoms with van der Waals surface area (Å²) in [6, 6.07) is 7.74. The molecule has 1 heterocycles. The number of nitrogens with one attached hydrogen (secondary N) is 2. The zero-order chi connectivity index (χ0) is 13.8. The maximum atomic E-state index is 12.0. The van der Waals surface area contributed by atoms with Crippen LogP contribution >= 0.6 is 0 Å². The number of nitrogens with two attached hydrogens (primary N) is 1. The molecule has 5 nitrogen and oxygen atoms in total. The van der Waals surface area contributed by atoms with Crippen LogP contribution in [-0.4, -0.2) is 16.1 Å². The van der Waals surface area contributed by atoms with E-state index in [0.717, 1.165) is 28.2 Å². The Kier molecular flexibility index (Phi) is 3.97. The van der Waals surface area contributed by atoms with E-state index in [1.807, 2.05) is 38.1 Å². The lowest BCUT2D eigenvalue weighted by Gasteiger charge is -2.06. The van der Waals surface area contributed by atoms with Gasteiger partial charge in [-0.15, -0.1) is 0 Å². The van der Waals surface area contributed by atoms with Crippen LogP contribution in [-0.2, 0) is 17.8 Å². The zero-order valence-corrected chi connectivity index (χ0v) is 11.2. The first-order valence-corrected chi connectivity index (χ1v) is 6.19. The van der Waals surface area contributed by atoms with Crippen molar-refractivity contribution in [1.82, 2.24) is 10.2 Å². The summed E-state index contributed by atoms with van der Waals surface area (Å²) < 4.78 is 0. The summed E-state index contributed by atoms with van der Waals surface area (Å²) in [6.07, 6.45) is 0.342. The highest BCUT2D eigenvalue weighted by Gasteiger charge is 2.10. The van der Waals surface area contributed by atoms with Gasteiger partial charge in [-0.05, 0) is 25.0 Å². The van der Waals surface area contributed by atoms with Gasteiger partial charge in [-0.3, -0.25) is 9.89 Å². The summed E-state index contributed by atoms with van der Waals surface area (Å²) in [5, 5.41) is 9.77. The number of nitrogens with zero attached hydrogens (tertiary/aromatic N) is 1. The summed E-state index contributed by atoms with van der Waals surface area (Å²) in [7, 11) is 0. The number of aromatic amines is 1. The second-order valence-corrected chi connectivity index (χ2v) is 4.55. The molecule has 0 aliphatic heterocycles. The maximum Gasteiger partial charge on any atom is 0.228 e. The number of aromatic nitrogens is 2. The lowest BCUT2D eigenvalue weighted by Crippen LogP contribution is -2.15. The van der Waals surface area contributed by atoms with Crippen LogP contribution in [0.3, 0.4) is 0 Å². The van der Waals surface area contributed by atoms with E-state index >= 15 is 0 Å². The summed E-state index contributed by atoms with van der Waals surface area (Å²) >= 11 is 0. The Labute approximate surface area is 112 Å². The minimum absolute atomic E-state index is 0.0481. The van der Waals surface area contributed by atoms with Crippen molar-refractivity contribution in [2.24, 2.45) is 5.73 Å². The van der Waals surface area contributed by atoms with Gasteiger partial charge < -0.3 is 11.1 Å². The van der Waals surface area contributed by atoms with Crippen LogP contribution in [0.2, 0.25) is 0 Å². The van der Waals surface area contributed by atoms with E-state index in [1.165, 1.54) is 0 Å². The topological polar surface area (TPSA) is 83.8 Å². The summed E-state index contributed by atoms with van der Waals surface area (Å²) in [6.45, 7) is 4.25. The van der Waals surface area contributed by atoms with Gasteiger partial charge in [0.1, 0.15) is 0 Å². The molecule has 0 atom stereocenters. The molecule has 0 spiro atoms. The number of carbonyl (C=O) groups excluding carboxylic acids is 1. The van der Waals surface area contributed by atoms with Gasteiger partial charge in [-0.25, -0.2) is 0 Å². The Morgan fingerprint density at radius 3 is 2.42 bits per heavy atom. The van der Waals surface area contributed by atoms with Crippen LogP contribution in [0.5, 0.6) is 0 Å². The Morgan fingerprint density at radius 1 is 1.26 bits per heavy atom. The molecular formula is C14H18N4O. The number of carbonyl (C=O) groups is 1. The number of anilines is 1. The first-order valence-electron chi connectivity index (χ1n) is 6.19. The molecule has 0 aliphatic rings. The molecule has 0 radical (unpaired) electrons. The first-order chi connectivity index (χ1) is 9.10. The van der Waals surface area contributed by atoms with Crippen molar-refractivity contribution < 1.29 is 4.79 Å². The molecule has 1 aromatic carbocycles. The molecule has 5 heteroatoms. The van der Waals surface area contributed by atoms with Crippen molar-refractivity contribution in [2.45, 2.75) is 26.8 Å². The lowest BCUT2D eigenvalue weighted by atomic mass is 10.1. The van der Waals surface area contributed by atoms with Crippen LogP contribution in [0.4, 0.5) is 5.69 Å². The van der Waals surface area contributed by atoms with E-state index in [9.17, 15) is 4.79 Å². The summed E-state index contributed by atoms with van der Waals surface area (Å²) in [5.74, 6) is -0.0481. The fourth-order valence-electron chi connectivity index (χ4n) is 1.90. The molecule has 0 bridgehead atoms. The molecule has 0 unspecified atom stereocenters. The highest BCUT2D eigenvalue weighted by atomic mass is 16.1. The van der Waals surface area contributed by atoms with Gasteiger partial charge in [0, 0.05) is 6.54 Å². The van der Waals surface area contributed by atoms with E-state index in [4.69, 9.17) is 5.73 Å². The zero-order valence-electron chi connectivity index (χ0n) is 11.2. The van der Waals surface area contributed by atoms with Gasteiger partial charge in [-0.1, -0.05) is 24.3 Å². The van der Waals surface area contributed by atoms with Crippen molar-refractivity contribution in [3.63, 3.8) is 0 Å². The number of hydrogen-bond acceptors (Lipinski definition) is 3. The van der Waals surface area contributed by atoms with Crippen LogP contribution in [0.15, 0.2) is 24.3 Å². The monoisotopic (exact) mass is 258 g/mol. The second kappa shape index (κ2) is 5.67. The minimum atomic E-state index is -0.0481. The SMILES string of the molecule is Cc1n[nH]c(C)c1NC(=O)Cc1ccc(CN)cc1. The third kappa shape index (κ3) is 3.20. The number of hydrogen-bond donors (Lipinski definition) is 3. The molecule has 100 valence electrons. The van der Waals surface area contributed by atoms with Gasteiger partial charge in [0.05, 0.1) is 23.5 Å². The lowest BCUT2D eigenvalue weighted by molar-refractivity contribution is -0.115. The van der Waals surface area contributed by atoms with Crippen LogP contribution in [0.25, 0.3) is 0 Å². The average Bonchev–Trinajstić information content (AvgIpc) is 2.71. The van der Waals surface area contributed by atoms with E-state index < -0.39 is 0 Å². The Bertz CT molecular complexity index is 552. The van der Waals surface area contributed by atoms with Gasteiger partial charge in [-0.2, -0.15) is 5.10 Å². The minimum Gasteiger partial charge on any atom is -0.326 e. The molecule has 0 aliphatic carbocycles. The third-order valence-corrected chi connectivity index (χ3v) is 3.02. The fourth-order valence-corrected chi connectivity index (χ4v) is 1.90. The van der Waals surface area contributed by atoms with Crippen molar-refractivity contribution in [3.05, 3.63) is 46.8 Å². The standard InChI is InChI=1S/C14H18N4O/c1-9-14(10(2)18-17-9)16-13(19)7-11-3-5-12(8-15)6-4-11/h3-6H,7-8,15H2,1-2H3,(H,16,19)(H,17,18). The number of benzene rings is 1. The number of amides is 1. The third-order valence-electron chi connectivity index (χ3n) is 3.02. The number of rotatable bonds is 4. The van der Waals surface area contributed by atoms with Crippen LogP contribution in [0, 0.1) is 13.8 Å². The molecule has 1 amide bonds. The largest absolute Gasteiger partial charge is 0.326 e. The number of aryl methyl sites for hydroxylation is 2. The Balaban J connectivity index is 2.01. The van der Waals surface area contributed by atoms with E-state index in [1.54, 1.807) is 0 Å². The summed E-state index contributed by atoms with van der Waals surface area (Å²) in [4.78, 5) is 12.0. The van der Waals surface area contributed by atoms with E-state index in [2.05, 4.69) is 15.5 Å². The van der Waals surface area contributed by atoms with Gasteiger partial charge in [0.25, 0.3) is 0 Å². The van der Waals surface area contributed by atoms with Crippen molar-refractivity contribution in [2.75, 3.05) is 5.32 Å². The predicted molar refractivity (Wildman–Crippen MR) is 74.7 cm³/mol. The van der Waals surface area contributed by atoms with Crippen molar-refractivity contribution in [3.8, 4) is 0 Å². The van der Waals surface area contributed by atoms with Crippen molar-refractivity contribution in [1.29, 1.82) is 0 Å². The molecule has 2 rings (SSSR count). The van der Waals surface area contributed by atoms with E-state index in [0.29, 0.717) is 13.0 Å². The quantitative estimate of drug-likeness (QED) is 0.780.